The van der Waals surface area contributed by atoms with Crippen LogP contribution in [-0.2, 0) is 9.59 Å². The Morgan fingerprint density at radius 2 is 1.72 bits per heavy atom. The van der Waals surface area contributed by atoms with Crippen molar-refractivity contribution in [2.24, 2.45) is 0 Å². The van der Waals surface area contributed by atoms with Crippen LogP contribution in [-0.4, -0.2) is 48.4 Å². The lowest BCUT2D eigenvalue weighted by Gasteiger charge is -2.39. The third-order valence-electron chi connectivity index (χ3n) is 7.75. The van der Waals surface area contributed by atoms with Crippen molar-refractivity contribution in [3.63, 3.8) is 0 Å². The molecule has 190 valence electrons. The highest BCUT2D eigenvalue weighted by Crippen LogP contribution is 2.44. The van der Waals surface area contributed by atoms with E-state index < -0.39 is 17.9 Å². The fourth-order valence-corrected chi connectivity index (χ4v) is 6.05. The smallest absolute Gasteiger partial charge is 0.317 e. The molecule has 2 aliphatic heterocycles. The van der Waals surface area contributed by atoms with Gasteiger partial charge >= 0.3 is 6.03 Å². The largest absolute Gasteiger partial charge is 0.341 e. The van der Waals surface area contributed by atoms with Gasteiger partial charge in [-0.1, -0.05) is 43.5 Å². The zero-order valence-electron chi connectivity index (χ0n) is 20.7. The van der Waals surface area contributed by atoms with Gasteiger partial charge in [0.2, 0.25) is 0 Å². The number of para-hydroxylation sites is 1. The molecule has 4 amide bonds. The summed E-state index contributed by atoms with van der Waals surface area (Å²) < 4.78 is 14.4. The van der Waals surface area contributed by atoms with E-state index in [-0.39, 0.29) is 23.9 Å². The first-order chi connectivity index (χ1) is 17.5. The molecule has 36 heavy (non-hydrogen) atoms. The van der Waals surface area contributed by atoms with Crippen molar-refractivity contribution in [2.75, 3.05) is 23.4 Å². The Balaban J connectivity index is 1.60. The second kappa shape index (κ2) is 10.3. The van der Waals surface area contributed by atoms with Crippen LogP contribution < -0.4 is 15.1 Å². The van der Waals surface area contributed by atoms with Crippen LogP contribution >= 0.6 is 0 Å². The Morgan fingerprint density at radius 3 is 2.47 bits per heavy atom. The number of rotatable bonds is 4. The lowest BCUT2D eigenvalue weighted by Crippen LogP contribution is -2.57. The van der Waals surface area contributed by atoms with Crippen LogP contribution in [0.3, 0.4) is 0 Å². The molecule has 2 fully saturated rings. The van der Waals surface area contributed by atoms with Crippen molar-refractivity contribution in [1.82, 2.24) is 10.2 Å². The van der Waals surface area contributed by atoms with Gasteiger partial charge in [0.1, 0.15) is 17.9 Å². The summed E-state index contributed by atoms with van der Waals surface area (Å²) >= 11 is 0. The maximum Gasteiger partial charge on any atom is 0.317 e. The number of halogens is 1. The highest BCUT2D eigenvalue weighted by Gasteiger charge is 2.48. The van der Waals surface area contributed by atoms with Crippen LogP contribution in [0.1, 0.15) is 63.0 Å². The second-order valence-corrected chi connectivity index (χ2v) is 9.91. The maximum atomic E-state index is 14.4. The summed E-state index contributed by atoms with van der Waals surface area (Å²) in [7, 11) is 1.54. The number of carbonyl (C=O) groups is 3. The summed E-state index contributed by atoms with van der Waals surface area (Å²) in [4.78, 5) is 45.9. The van der Waals surface area contributed by atoms with E-state index in [0.717, 1.165) is 56.2 Å². The number of nitrogens with zero attached hydrogens (tertiary/aromatic N) is 3. The number of likely N-dealkylation sites (tertiary alicyclic amines) is 1. The fraction of sp³-hybridized carbons (Fsp3) is 0.464. The first-order valence-corrected chi connectivity index (χ1v) is 13.0. The Morgan fingerprint density at radius 1 is 0.972 bits per heavy atom. The number of benzene rings is 2. The van der Waals surface area contributed by atoms with Crippen molar-refractivity contribution >= 4 is 29.2 Å². The number of fused-ring (bicyclic) bond motifs is 1. The number of nitrogens with one attached hydrogen (secondary N) is 1. The summed E-state index contributed by atoms with van der Waals surface area (Å²) in [6.07, 6.45) is 7.24. The Bertz CT molecular complexity index is 1150. The highest BCUT2D eigenvalue weighted by atomic mass is 19.1. The normalized spacial score (nSPS) is 22.3. The van der Waals surface area contributed by atoms with Crippen molar-refractivity contribution < 1.29 is 18.8 Å². The second-order valence-electron chi connectivity index (χ2n) is 9.91. The first-order valence-electron chi connectivity index (χ1n) is 13.0. The molecule has 2 atom stereocenters. The van der Waals surface area contributed by atoms with Crippen LogP contribution in [0.2, 0.25) is 0 Å². The lowest BCUT2D eigenvalue weighted by molar-refractivity contribution is -0.128. The molecular weight excluding hydrogens is 459 g/mol. The van der Waals surface area contributed by atoms with Crippen LogP contribution in [0.5, 0.6) is 0 Å². The predicted octanol–water partition coefficient (Wildman–Crippen LogP) is 4.77. The topological polar surface area (TPSA) is 73.0 Å². The molecule has 1 N–H and O–H groups in total. The average Bonchev–Trinajstić information content (AvgIpc) is 3.20. The molecule has 1 saturated carbocycles. The molecule has 1 unspecified atom stereocenters. The quantitative estimate of drug-likeness (QED) is 0.668. The zero-order chi connectivity index (χ0) is 25.2. The Labute approximate surface area is 211 Å². The number of hydrogen-bond acceptors (Lipinski definition) is 3. The van der Waals surface area contributed by atoms with E-state index in [1.807, 2.05) is 29.2 Å². The van der Waals surface area contributed by atoms with Gasteiger partial charge in [-0.2, -0.15) is 0 Å². The van der Waals surface area contributed by atoms with Crippen LogP contribution in [0.4, 0.5) is 20.6 Å². The van der Waals surface area contributed by atoms with E-state index in [2.05, 4.69) is 5.32 Å². The third kappa shape index (κ3) is 4.33. The minimum Gasteiger partial charge on any atom is -0.341 e. The van der Waals surface area contributed by atoms with E-state index in [1.165, 1.54) is 17.0 Å². The number of piperidine rings is 1. The molecule has 0 spiro atoms. The number of amides is 4. The minimum atomic E-state index is -0.911. The zero-order valence-corrected chi connectivity index (χ0v) is 20.7. The SMILES string of the molecule is CNC(=O)N1CCCC[C@@H]1C(=O)N(c1cccc(F)c1)C1C(=O)N(C2CCCCC2)c2ccccc21. The maximum absolute atomic E-state index is 14.4. The Hall–Kier alpha value is -3.42. The van der Waals surface area contributed by atoms with Gasteiger partial charge in [0.25, 0.3) is 11.8 Å². The average molecular weight is 493 g/mol. The molecule has 0 radical (unpaired) electrons. The lowest BCUT2D eigenvalue weighted by atomic mass is 9.94. The van der Waals surface area contributed by atoms with Gasteiger partial charge in [0, 0.05) is 36.6 Å². The molecule has 3 aliphatic rings. The molecule has 8 heteroatoms. The van der Waals surface area contributed by atoms with Gasteiger partial charge < -0.3 is 15.1 Å². The number of urea groups is 1. The molecule has 5 rings (SSSR count). The van der Waals surface area contributed by atoms with E-state index in [4.69, 9.17) is 0 Å². The number of carbonyl (C=O) groups excluding carboxylic acids is 3. The van der Waals surface area contributed by atoms with Gasteiger partial charge in [-0.05, 0) is 56.4 Å². The van der Waals surface area contributed by atoms with Crippen LogP contribution in [0.25, 0.3) is 0 Å². The number of anilines is 2. The van der Waals surface area contributed by atoms with Crippen molar-refractivity contribution in [1.29, 1.82) is 0 Å². The fourth-order valence-electron chi connectivity index (χ4n) is 6.05. The molecule has 1 aliphatic carbocycles. The highest BCUT2D eigenvalue weighted by molar-refractivity contribution is 6.13. The Kier molecular flexibility index (Phi) is 6.94. The molecule has 2 aromatic carbocycles. The predicted molar refractivity (Wildman–Crippen MR) is 136 cm³/mol. The molecule has 0 bridgehead atoms. The van der Waals surface area contributed by atoms with Crippen LogP contribution in [0.15, 0.2) is 48.5 Å². The molecule has 2 heterocycles. The summed E-state index contributed by atoms with van der Waals surface area (Å²) in [5.74, 6) is -1.01. The standard InChI is InChI=1S/C28H33FN4O3/c1-30-28(36)31-17-8-7-16-24(31)26(34)33(21-13-9-10-19(29)18-21)25-22-14-5-6-15-23(22)32(27(25)35)20-11-3-2-4-12-20/h5-6,9-10,13-15,18,20,24-25H,2-4,7-8,11-12,16-17H2,1H3,(H,30,36)/t24-,25?/m1/s1. The molecule has 7 nitrogen and oxygen atoms in total. The van der Waals surface area contributed by atoms with Crippen LogP contribution in [0, 0.1) is 5.82 Å². The van der Waals surface area contributed by atoms with Gasteiger partial charge in [0.15, 0.2) is 0 Å². The van der Waals surface area contributed by atoms with E-state index in [9.17, 15) is 18.8 Å². The van der Waals surface area contributed by atoms with E-state index in [0.29, 0.717) is 18.7 Å². The van der Waals surface area contributed by atoms with Crippen molar-refractivity contribution in [3.05, 3.63) is 59.9 Å². The third-order valence-corrected chi connectivity index (χ3v) is 7.75. The molecule has 2 aromatic rings. The molecule has 1 saturated heterocycles. The summed E-state index contributed by atoms with van der Waals surface area (Å²) in [6, 6.07) is 11.5. The van der Waals surface area contributed by atoms with Crippen molar-refractivity contribution in [3.8, 4) is 0 Å². The first kappa shape index (κ1) is 24.3. The molecule has 0 aromatic heterocycles. The number of hydrogen-bond donors (Lipinski definition) is 1. The van der Waals surface area contributed by atoms with Gasteiger partial charge in [-0.25, -0.2) is 9.18 Å². The molecular formula is C28H33FN4O3. The van der Waals surface area contributed by atoms with Gasteiger partial charge in [-0.3, -0.25) is 14.5 Å². The summed E-state index contributed by atoms with van der Waals surface area (Å²) in [5, 5.41) is 2.63. The summed E-state index contributed by atoms with van der Waals surface area (Å²) in [6.45, 7) is 0.455. The van der Waals surface area contributed by atoms with E-state index in [1.54, 1.807) is 24.1 Å². The minimum absolute atomic E-state index is 0.0823. The summed E-state index contributed by atoms with van der Waals surface area (Å²) in [5.41, 5.74) is 1.88. The van der Waals surface area contributed by atoms with Crippen molar-refractivity contribution in [2.45, 2.75) is 69.5 Å². The van der Waals surface area contributed by atoms with Gasteiger partial charge in [0.05, 0.1) is 0 Å². The van der Waals surface area contributed by atoms with E-state index >= 15 is 0 Å². The van der Waals surface area contributed by atoms with Gasteiger partial charge in [-0.15, -0.1) is 0 Å². The monoisotopic (exact) mass is 492 g/mol.